The number of aliphatic hydroxyl groups is 1. The molecule has 0 bridgehead atoms. The van der Waals surface area contributed by atoms with Gasteiger partial charge in [0.1, 0.15) is 10.9 Å². The maximum atomic E-state index is 8.99. The van der Waals surface area contributed by atoms with E-state index in [4.69, 9.17) is 21.4 Å². The number of thioether (sulfide) groups is 1. The van der Waals surface area contributed by atoms with Crippen LogP contribution in [0.15, 0.2) is 29.2 Å². The molecule has 1 aromatic heterocycles. The zero-order chi connectivity index (χ0) is 12.3. The maximum absolute atomic E-state index is 8.99. The molecular weight excluding hydrogens is 278 g/mol. The van der Waals surface area contributed by atoms with E-state index in [1.165, 1.54) is 16.2 Å². The highest BCUT2D eigenvalue weighted by Crippen LogP contribution is 2.32. The topological polar surface area (TPSA) is 42.4 Å². The predicted molar refractivity (Wildman–Crippen MR) is 71.3 cm³/mol. The van der Waals surface area contributed by atoms with Crippen LogP contribution < -0.4 is 4.74 Å². The summed E-state index contributed by atoms with van der Waals surface area (Å²) in [5.74, 6) is 0.706. The molecule has 3 nitrogen and oxygen atoms in total. The molecule has 1 aromatic carbocycles. The molecule has 6 heteroatoms. The first-order valence-corrected chi connectivity index (χ1v) is 7.23. The van der Waals surface area contributed by atoms with E-state index >= 15 is 0 Å². The van der Waals surface area contributed by atoms with Crippen LogP contribution in [0.4, 0.5) is 0 Å². The van der Waals surface area contributed by atoms with E-state index in [9.17, 15) is 0 Å². The first-order chi connectivity index (χ1) is 8.22. The minimum Gasteiger partial charge on any atom is -0.431 e. The highest BCUT2D eigenvalue weighted by Gasteiger charge is 2.09. The molecular formula is C11H10ClNO2S2. The minimum atomic E-state index is -0.120. The number of halogens is 1. The third-order valence-electron chi connectivity index (χ3n) is 2.04. The molecule has 0 unspecified atom stereocenters. The molecule has 0 aliphatic carbocycles. The van der Waals surface area contributed by atoms with Gasteiger partial charge >= 0.3 is 0 Å². The van der Waals surface area contributed by atoms with Gasteiger partial charge in [-0.25, -0.2) is 0 Å². The van der Waals surface area contributed by atoms with Crippen molar-refractivity contribution in [3.05, 3.63) is 34.3 Å². The van der Waals surface area contributed by atoms with Crippen molar-refractivity contribution in [3.63, 3.8) is 0 Å². The molecule has 0 radical (unpaired) electrons. The van der Waals surface area contributed by atoms with Crippen LogP contribution >= 0.6 is 34.7 Å². The average molecular weight is 288 g/mol. The first kappa shape index (κ1) is 12.7. The van der Waals surface area contributed by atoms with Gasteiger partial charge in [-0.05, 0) is 30.5 Å². The Labute approximate surface area is 112 Å². The summed E-state index contributed by atoms with van der Waals surface area (Å²) in [6, 6.07) is 7.70. The van der Waals surface area contributed by atoms with Gasteiger partial charge in [0.15, 0.2) is 0 Å². The summed E-state index contributed by atoms with van der Waals surface area (Å²) in [5.41, 5.74) is 0. The zero-order valence-electron chi connectivity index (χ0n) is 9.01. The molecule has 2 rings (SSSR count). The van der Waals surface area contributed by atoms with Crippen molar-refractivity contribution in [1.29, 1.82) is 0 Å². The molecule has 0 atom stereocenters. The van der Waals surface area contributed by atoms with Crippen molar-refractivity contribution in [2.75, 3.05) is 6.26 Å². The summed E-state index contributed by atoms with van der Waals surface area (Å²) in [4.78, 5) is 5.80. The van der Waals surface area contributed by atoms with Crippen LogP contribution in [-0.2, 0) is 6.61 Å². The van der Waals surface area contributed by atoms with Gasteiger partial charge in [-0.15, -0.1) is 11.8 Å². The number of aliphatic hydroxyl groups excluding tert-OH is 1. The summed E-state index contributed by atoms with van der Waals surface area (Å²) < 4.78 is 5.54. The molecule has 1 N–H and O–H groups in total. The highest BCUT2D eigenvalue weighted by molar-refractivity contribution is 7.98. The van der Waals surface area contributed by atoms with Crippen LogP contribution in [0.5, 0.6) is 10.9 Å². The fourth-order valence-electron chi connectivity index (χ4n) is 1.20. The fraction of sp³-hybridized carbons (Fsp3) is 0.182. The summed E-state index contributed by atoms with van der Waals surface area (Å²) in [6.45, 7) is -0.120. The van der Waals surface area contributed by atoms with Gasteiger partial charge in [0.05, 0.1) is 11.5 Å². The van der Waals surface area contributed by atoms with Gasteiger partial charge in [-0.2, -0.15) is 4.98 Å². The van der Waals surface area contributed by atoms with E-state index in [1.807, 2.05) is 30.5 Å². The molecule has 90 valence electrons. The lowest BCUT2D eigenvalue weighted by Crippen LogP contribution is -1.82. The Kier molecular flexibility index (Phi) is 4.28. The SMILES string of the molecule is CSc1ccc(Oc2nc(Cl)c(CO)s2)cc1. The van der Waals surface area contributed by atoms with Gasteiger partial charge in [0, 0.05) is 4.90 Å². The summed E-state index contributed by atoms with van der Waals surface area (Å²) >= 11 is 8.73. The van der Waals surface area contributed by atoms with Crippen LogP contribution in [0.3, 0.4) is 0 Å². The maximum Gasteiger partial charge on any atom is 0.280 e. The molecule has 1 heterocycles. The van der Waals surface area contributed by atoms with Gasteiger partial charge < -0.3 is 9.84 Å². The largest absolute Gasteiger partial charge is 0.431 e. The third-order valence-corrected chi connectivity index (χ3v) is 4.12. The standard InChI is InChI=1S/C11H10ClNO2S2/c1-16-8-4-2-7(3-5-8)15-11-13-10(12)9(6-14)17-11/h2-5,14H,6H2,1H3. The molecule has 0 saturated carbocycles. The Balaban J connectivity index is 2.13. The normalized spacial score (nSPS) is 10.5. The van der Waals surface area contributed by atoms with E-state index < -0.39 is 0 Å². The summed E-state index contributed by atoms with van der Waals surface area (Å²) in [6.07, 6.45) is 2.02. The molecule has 0 saturated heterocycles. The summed E-state index contributed by atoms with van der Waals surface area (Å²) in [5, 5.41) is 9.73. The molecule has 17 heavy (non-hydrogen) atoms. The van der Waals surface area contributed by atoms with Gasteiger partial charge in [0.2, 0.25) is 0 Å². The molecule has 2 aromatic rings. The molecule has 0 spiro atoms. The quantitative estimate of drug-likeness (QED) is 0.869. The van der Waals surface area contributed by atoms with Gasteiger partial charge in [-0.1, -0.05) is 22.9 Å². The van der Waals surface area contributed by atoms with Crippen LogP contribution in [0.2, 0.25) is 5.15 Å². The second-order valence-corrected chi connectivity index (χ2v) is 5.41. The van der Waals surface area contributed by atoms with Crippen molar-refractivity contribution < 1.29 is 9.84 Å². The van der Waals surface area contributed by atoms with E-state index in [-0.39, 0.29) is 6.61 Å². The van der Waals surface area contributed by atoms with Crippen LogP contribution in [0.1, 0.15) is 4.88 Å². The van der Waals surface area contributed by atoms with Crippen molar-refractivity contribution in [2.24, 2.45) is 0 Å². The van der Waals surface area contributed by atoms with E-state index in [0.717, 1.165) is 0 Å². The monoisotopic (exact) mass is 287 g/mol. The first-order valence-electron chi connectivity index (χ1n) is 4.81. The fourth-order valence-corrected chi connectivity index (χ4v) is 2.59. The number of benzene rings is 1. The van der Waals surface area contributed by atoms with Crippen molar-refractivity contribution in [2.45, 2.75) is 11.5 Å². The second-order valence-electron chi connectivity index (χ2n) is 3.13. The number of nitrogens with zero attached hydrogens (tertiary/aromatic N) is 1. The number of hydrogen-bond donors (Lipinski definition) is 1. The van der Waals surface area contributed by atoms with Crippen molar-refractivity contribution in [3.8, 4) is 10.9 Å². The van der Waals surface area contributed by atoms with Crippen molar-refractivity contribution in [1.82, 2.24) is 4.98 Å². The number of aromatic nitrogens is 1. The average Bonchev–Trinajstić information content (AvgIpc) is 2.70. The number of hydrogen-bond acceptors (Lipinski definition) is 5. The highest BCUT2D eigenvalue weighted by atomic mass is 35.5. The van der Waals surface area contributed by atoms with Gasteiger partial charge in [0.25, 0.3) is 5.19 Å². The lowest BCUT2D eigenvalue weighted by Gasteiger charge is -2.01. The molecule has 0 aliphatic heterocycles. The van der Waals surface area contributed by atoms with Gasteiger partial charge in [-0.3, -0.25) is 0 Å². The van der Waals surface area contributed by atoms with Crippen molar-refractivity contribution >= 4 is 34.7 Å². The van der Waals surface area contributed by atoms with Crippen LogP contribution in [-0.4, -0.2) is 16.3 Å². The number of ether oxygens (including phenoxy) is 1. The predicted octanol–water partition coefficient (Wildman–Crippen LogP) is 3.80. The Hall–Kier alpha value is -0.750. The zero-order valence-corrected chi connectivity index (χ0v) is 11.4. The Morgan fingerprint density at radius 1 is 1.41 bits per heavy atom. The summed E-state index contributed by atoms with van der Waals surface area (Å²) in [7, 11) is 0. The Morgan fingerprint density at radius 2 is 2.12 bits per heavy atom. The Morgan fingerprint density at radius 3 is 2.65 bits per heavy atom. The third kappa shape index (κ3) is 3.13. The Bertz CT molecular complexity index is 499. The van der Waals surface area contributed by atoms with E-state index in [1.54, 1.807) is 11.8 Å². The molecule has 0 amide bonds. The van der Waals surface area contributed by atoms with E-state index in [2.05, 4.69) is 4.98 Å². The smallest absolute Gasteiger partial charge is 0.280 e. The van der Waals surface area contributed by atoms with E-state index in [0.29, 0.717) is 21.0 Å². The van der Waals surface area contributed by atoms with Crippen LogP contribution in [0, 0.1) is 0 Å². The number of rotatable bonds is 4. The minimum absolute atomic E-state index is 0.120. The number of thiazole rings is 1. The lowest BCUT2D eigenvalue weighted by atomic mass is 10.3. The van der Waals surface area contributed by atoms with Crippen LogP contribution in [0.25, 0.3) is 0 Å². The second kappa shape index (κ2) is 5.73. The molecule has 0 aliphatic rings. The molecule has 0 fully saturated rings. The lowest BCUT2D eigenvalue weighted by molar-refractivity contribution is 0.285.